The highest BCUT2D eigenvalue weighted by Crippen LogP contribution is 2.29. The molecule has 0 atom stereocenters. The quantitative estimate of drug-likeness (QED) is 0.514. The number of imidazole rings is 1. The monoisotopic (exact) mass is 362 g/mol. The Labute approximate surface area is 156 Å². The first-order valence-electron chi connectivity index (χ1n) is 9.16. The minimum atomic E-state index is 0.456. The lowest BCUT2D eigenvalue weighted by molar-refractivity contribution is 0.146. The van der Waals surface area contributed by atoms with E-state index in [1.807, 2.05) is 18.3 Å². The first-order valence-corrected chi connectivity index (χ1v) is 9.16. The number of nitrogens with two attached hydrogens (primary N) is 1. The number of anilines is 1. The van der Waals surface area contributed by atoms with Crippen LogP contribution in [0.3, 0.4) is 0 Å². The Morgan fingerprint density at radius 2 is 1.96 bits per heavy atom. The molecular weight excluding hydrogens is 340 g/mol. The van der Waals surface area contributed by atoms with Crippen molar-refractivity contribution in [1.82, 2.24) is 34.9 Å². The van der Waals surface area contributed by atoms with Gasteiger partial charge in [0.25, 0.3) is 0 Å². The van der Waals surface area contributed by atoms with Crippen LogP contribution in [0.1, 0.15) is 5.82 Å². The summed E-state index contributed by atoms with van der Waals surface area (Å²) in [6.45, 7) is 5.07. The predicted octanol–water partition coefficient (Wildman–Crippen LogP) is 1.83. The molecule has 1 saturated heterocycles. The predicted molar refractivity (Wildman–Crippen MR) is 106 cm³/mol. The molecular formula is C19H22N8. The Kier molecular flexibility index (Phi) is 3.80. The van der Waals surface area contributed by atoms with Crippen LogP contribution in [0.5, 0.6) is 0 Å². The molecule has 0 amide bonds. The smallest absolute Gasteiger partial charge is 0.152 e. The van der Waals surface area contributed by atoms with Crippen LogP contribution in [-0.4, -0.2) is 68.2 Å². The van der Waals surface area contributed by atoms with Gasteiger partial charge in [-0.25, -0.2) is 9.97 Å². The number of rotatable bonds is 3. The molecule has 0 bridgehead atoms. The second-order valence-electron chi connectivity index (χ2n) is 7.17. The lowest BCUT2D eigenvalue weighted by Gasteiger charge is -2.31. The van der Waals surface area contributed by atoms with Crippen LogP contribution >= 0.6 is 0 Å². The van der Waals surface area contributed by atoms with E-state index in [2.05, 4.69) is 49.1 Å². The molecule has 4 N–H and O–H groups in total. The third kappa shape index (κ3) is 2.92. The lowest BCUT2D eigenvalue weighted by Crippen LogP contribution is -2.44. The Hall–Kier alpha value is -2.97. The van der Waals surface area contributed by atoms with Gasteiger partial charge in [-0.1, -0.05) is 6.07 Å². The molecule has 0 unspecified atom stereocenters. The van der Waals surface area contributed by atoms with Gasteiger partial charge in [-0.05, 0) is 25.2 Å². The number of nitrogens with one attached hydrogen (secondary N) is 2. The summed E-state index contributed by atoms with van der Waals surface area (Å²) in [5, 5.41) is 8.11. The Morgan fingerprint density at radius 3 is 2.74 bits per heavy atom. The Balaban J connectivity index is 1.53. The van der Waals surface area contributed by atoms with E-state index in [1.54, 1.807) is 0 Å². The largest absolute Gasteiger partial charge is 0.382 e. The summed E-state index contributed by atoms with van der Waals surface area (Å²) >= 11 is 0. The molecule has 8 heteroatoms. The van der Waals surface area contributed by atoms with Gasteiger partial charge in [-0.3, -0.25) is 10.00 Å². The molecule has 8 nitrogen and oxygen atoms in total. The molecule has 0 aliphatic carbocycles. The topological polar surface area (TPSA) is 103 Å². The van der Waals surface area contributed by atoms with Crippen molar-refractivity contribution in [2.24, 2.45) is 0 Å². The van der Waals surface area contributed by atoms with Gasteiger partial charge < -0.3 is 15.6 Å². The zero-order valence-electron chi connectivity index (χ0n) is 15.2. The van der Waals surface area contributed by atoms with Gasteiger partial charge in [0.1, 0.15) is 11.3 Å². The average molecular weight is 362 g/mol. The lowest BCUT2D eigenvalue weighted by atomic mass is 10.1. The fourth-order valence-electron chi connectivity index (χ4n) is 3.69. The van der Waals surface area contributed by atoms with Crippen molar-refractivity contribution in [3.8, 4) is 11.3 Å². The summed E-state index contributed by atoms with van der Waals surface area (Å²) in [5.74, 6) is 1.39. The van der Waals surface area contributed by atoms with Crippen molar-refractivity contribution in [1.29, 1.82) is 0 Å². The van der Waals surface area contributed by atoms with Crippen molar-refractivity contribution in [3.05, 3.63) is 36.3 Å². The molecule has 27 heavy (non-hydrogen) atoms. The summed E-state index contributed by atoms with van der Waals surface area (Å²) < 4.78 is 0. The van der Waals surface area contributed by atoms with Gasteiger partial charge >= 0.3 is 0 Å². The summed E-state index contributed by atoms with van der Waals surface area (Å²) in [5.41, 5.74) is 10.7. The second kappa shape index (κ2) is 6.33. The van der Waals surface area contributed by atoms with Gasteiger partial charge in [0.15, 0.2) is 5.82 Å². The number of hydrogen-bond donors (Lipinski definition) is 3. The molecule has 5 rings (SSSR count). The van der Waals surface area contributed by atoms with Crippen LogP contribution < -0.4 is 5.73 Å². The van der Waals surface area contributed by atoms with Crippen molar-refractivity contribution >= 4 is 27.8 Å². The highest BCUT2D eigenvalue weighted by Gasteiger charge is 2.17. The third-order valence-corrected chi connectivity index (χ3v) is 5.27. The molecule has 1 aromatic carbocycles. The van der Waals surface area contributed by atoms with E-state index < -0.39 is 0 Å². The van der Waals surface area contributed by atoms with E-state index in [0.717, 1.165) is 71.7 Å². The number of aromatic amines is 2. The fourth-order valence-corrected chi connectivity index (χ4v) is 3.69. The maximum absolute atomic E-state index is 6.22. The molecule has 0 radical (unpaired) electrons. The summed E-state index contributed by atoms with van der Waals surface area (Å²) in [7, 11) is 2.16. The van der Waals surface area contributed by atoms with Crippen LogP contribution in [0.4, 0.5) is 5.82 Å². The molecule has 4 aromatic rings. The molecule has 1 aliphatic heterocycles. The molecule has 0 saturated carbocycles. The average Bonchev–Trinajstić information content (AvgIpc) is 3.33. The molecule has 0 spiro atoms. The van der Waals surface area contributed by atoms with Crippen LogP contribution in [0.15, 0.2) is 30.5 Å². The second-order valence-corrected chi connectivity index (χ2v) is 7.17. The number of benzene rings is 1. The van der Waals surface area contributed by atoms with Crippen molar-refractivity contribution in [2.75, 3.05) is 39.0 Å². The summed E-state index contributed by atoms with van der Waals surface area (Å²) in [6, 6.07) is 8.07. The molecule has 1 aliphatic rings. The maximum Gasteiger partial charge on any atom is 0.152 e. The summed E-state index contributed by atoms with van der Waals surface area (Å²) in [6.07, 6.45) is 1.81. The van der Waals surface area contributed by atoms with Gasteiger partial charge in [0.2, 0.25) is 0 Å². The van der Waals surface area contributed by atoms with E-state index in [0.29, 0.717) is 5.82 Å². The zero-order chi connectivity index (χ0) is 18.4. The number of fused-ring (bicyclic) bond motifs is 3. The maximum atomic E-state index is 6.22. The third-order valence-electron chi connectivity index (χ3n) is 5.27. The van der Waals surface area contributed by atoms with E-state index >= 15 is 0 Å². The number of likely N-dealkylation sites (N-methyl/N-ethyl adjacent to an activating group) is 1. The van der Waals surface area contributed by atoms with E-state index in [1.165, 1.54) is 0 Å². The number of piperazine rings is 1. The normalized spacial score (nSPS) is 16.5. The van der Waals surface area contributed by atoms with Gasteiger partial charge in [0.05, 0.1) is 23.3 Å². The van der Waals surface area contributed by atoms with E-state index in [-0.39, 0.29) is 0 Å². The van der Waals surface area contributed by atoms with Crippen LogP contribution in [0, 0.1) is 0 Å². The fraction of sp³-hybridized carbons (Fsp3) is 0.316. The Morgan fingerprint density at radius 1 is 1.11 bits per heavy atom. The number of H-pyrrole nitrogens is 2. The van der Waals surface area contributed by atoms with E-state index in [9.17, 15) is 0 Å². The van der Waals surface area contributed by atoms with Crippen molar-refractivity contribution < 1.29 is 0 Å². The molecule has 3 aromatic heterocycles. The van der Waals surface area contributed by atoms with Gasteiger partial charge in [0, 0.05) is 43.3 Å². The standard InChI is InChI=1S/C19H22N8/c1-26-6-8-27(9-7-26)11-16-23-17-13-3-2-12(14-4-5-21-25-14)10-15(13)22-19(20)18(17)24-16/h2-5,10H,6-9,11H2,1H3,(H2,20,22)(H,21,25)(H,23,24). The van der Waals surface area contributed by atoms with Gasteiger partial charge in [-0.15, -0.1) is 0 Å². The zero-order valence-corrected chi connectivity index (χ0v) is 15.2. The first kappa shape index (κ1) is 16.2. The highest BCUT2D eigenvalue weighted by molar-refractivity contribution is 6.06. The van der Waals surface area contributed by atoms with Gasteiger partial charge in [-0.2, -0.15) is 5.10 Å². The number of nitrogens with zero attached hydrogens (tertiary/aromatic N) is 5. The van der Waals surface area contributed by atoms with Crippen LogP contribution in [0.25, 0.3) is 33.2 Å². The Bertz CT molecular complexity index is 1090. The number of nitrogen functional groups attached to an aromatic ring is 1. The minimum absolute atomic E-state index is 0.456. The van der Waals surface area contributed by atoms with Crippen LogP contribution in [0.2, 0.25) is 0 Å². The van der Waals surface area contributed by atoms with Crippen molar-refractivity contribution in [2.45, 2.75) is 6.54 Å². The highest BCUT2D eigenvalue weighted by atomic mass is 15.3. The minimum Gasteiger partial charge on any atom is -0.382 e. The number of aromatic nitrogens is 5. The van der Waals surface area contributed by atoms with E-state index in [4.69, 9.17) is 10.7 Å². The summed E-state index contributed by atoms with van der Waals surface area (Å²) in [4.78, 5) is 17.6. The molecule has 1 fully saturated rings. The van der Waals surface area contributed by atoms with Crippen LogP contribution in [-0.2, 0) is 6.54 Å². The number of hydrogen-bond acceptors (Lipinski definition) is 6. The van der Waals surface area contributed by atoms with Crippen molar-refractivity contribution in [3.63, 3.8) is 0 Å². The number of pyridine rings is 1. The molecule has 4 heterocycles. The SMILES string of the molecule is CN1CCN(Cc2nc3c(N)nc4cc(-c5cc[nH]n5)ccc4c3[nH]2)CC1. The molecule has 138 valence electrons. The first-order chi connectivity index (χ1) is 13.2.